The van der Waals surface area contributed by atoms with Crippen LogP contribution in [0, 0.1) is 0 Å². The Balaban J connectivity index is 0.00000364. The van der Waals surface area contributed by atoms with E-state index in [-0.39, 0.29) is 42.0 Å². The first kappa shape index (κ1) is 23.5. The minimum Gasteiger partial charge on any atom is -0.469 e. The van der Waals surface area contributed by atoms with E-state index in [0.717, 1.165) is 25.1 Å². The van der Waals surface area contributed by atoms with Gasteiger partial charge in [-0.15, -0.1) is 35.3 Å². The van der Waals surface area contributed by atoms with Gasteiger partial charge in [-0.25, -0.2) is 4.99 Å². The molecular weight excluding hydrogens is 475 g/mol. The Hall–Kier alpha value is -1.55. The van der Waals surface area contributed by atoms with E-state index in [4.69, 9.17) is 4.42 Å². The average molecular weight is 504 g/mol. The summed E-state index contributed by atoms with van der Waals surface area (Å²) in [7, 11) is 0. The second kappa shape index (κ2) is 12.0. The fourth-order valence-corrected chi connectivity index (χ4v) is 3.01. The van der Waals surface area contributed by atoms with Gasteiger partial charge in [0.05, 0.1) is 6.26 Å². The van der Waals surface area contributed by atoms with Crippen LogP contribution in [0.15, 0.2) is 45.3 Å². The van der Waals surface area contributed by atoms with E-state index in [1.165, 1.54) is 4.88 Å². The van der Waals surface area contributed by atoms with Gasteiger partial charge in [-0.05, 0) is 50.8 Å². The Kier molecular flexibility index (Phi) is 10.5. The summed E-state index contributed by atoms with van der Waals surface area (Å²) >= 11 is 1.74. The average Bonchev–Trinajstić information content (AvgIpc) is 3.24. The lowest BCUT2D eigenvalue weighted by molar-refractivity contribution is -0.121. The zero-order valence-electron chi connectivity index (χ0n) is 16.1. The number of carbonyl (C=O) groups is 1. The van der Waals surface area contributed by atoms with Crippen molar-refractivity contribution in [3.05, 3.63) is 46.5 Å². The van der Waals surface area contributed by atoms with E-state index in [0.29, 0.717) is 12.5 Å². The Morgan fingerprint density at radius 3 is 2.48 bits per heavy atom. The summed E-state index contributed by atoms with van der Waals surface area (Å²) in [6.07, 6.45) is 3.35. The van der Waals surface area contributed by atoms with Crippen molar-refractivity contribution in [1.82, 2.24) is 16.0 Å². The molecule has 8 heteroatoms. The highest BCUT2D eigenvalue weighted by Gasteiger charge is 2.13. The van der Waals surface area contributed by atoms with Crippen molar-refractivity contribution in [3.8, 4) is 0 Å². The molecule has 2 aromatic heterocycles. The van der Waals surface area contributed by atoms with Gasteiger partial charge in [0.25, 0.3) is 0 Å². The van der Waals surface area contributed by atoms with Crippen LogP contribution in [0.5, 0.6) is 0 Å². The van der Waals surface area contributed by atoms with Crippen molar-refractivity contribution >= 4 is 47.2 Å². The highest BCUT2D eigenvalue weighted by molar-refractivity contribution is 14.0. The van der Waals surface area contributed by atoms with Crippen LogP contribution in [0.3, 0.4) is 0 Å². The molecule has 0 bridgehead atoms. The third kappa shape index (κ3) is 10.4. The highest BCUT2D eigenvalue weighted by atomic mass is 127. The van der Waals surface area contributed by atoms with E-state index in [1.54, 1.807) is 17.6 Å². The molecule has 2 rings (SSSR count). The van der Waals surface area contributed by atoms with E-state index < -0.39 is 0 Å². The Labute approximate surface area is 182 Å². The maximum atomic E-state index is 12.0. The maximum Gasteiger partial charge on any atom is 0.242 e. The lowest BCUT2D eigenvalue weighted by Gasteiger charge is -2.20. The fourth-order valence-electron chi connectivity index (χ4n) is 2.30. The molecule has 0 aromatic carbocycles. The minimum absolute atomic E-state index is 0. The first-order chi connectivity index (χ1) is 12.4. The molecule has 2 heterocycles. The predicted molar refractivity (Wildman–Crippen MR) is 122 cm³/mol. The van der Waals surface area contributed by atoms with E-state index >= 15 is 0 Å². The molecule has 0 spiro atoms. The van der Waals surface area contributed by atoms with E-state index in [2.05, 4.69) is 32.4 Å². The van der Waals surface area contributed by atoms with Crippen molar-refractivity contribution in [2.75, 3.05) is 19.6 Å². The Bertz CT molecular complexity index is 637. The fraction of sp³-hybridized carbons (Fsp3) is 0.474. The smallest absolute Gasteiger partial charge is 0.242 e. The molecule has 0 saturated carbocycles. The highest BCUT2D eigenvalue weighted by Crippen LogP contribution is 2.08. The van der Waals surface area contributed by atoms with Gasteiger partial charge in [0.2, 0.25) is 5.91 Å². The van der Waals surface area contributed by atoms with E-state index in [9.17, 15) is 4.79 Å². The summed E-state index contributed by atoms with van der Waals surface area (Å²) in [6.45, 7) is 7.39. The number of aliphatic imine (C=N–C) groups is 1. The predicted octanol–water partition coefficient (Wildman–Crippen LogP) is 3.19. The van der Waals surface area contributed by atoms with E-state index in [1.807, 2.05) is 39.0 Å². The molecule has 0 aliphatic rings. The molecule has 0 unspecified atom stereocenters. The molecule has 0 saturated heterocycles. The first-order valence-electron chi connectivity index (χ1n) is 8.80. The lowest BCUT2D eigenvalue weighted by atomic mass is 10.1. The van der Waals surface area contributed by atoms with Gasteiger partial charge in [0.15, 0.2) is 5.96 Å². The number of hydrogen-bond acceptors (Lipinski definition) is 4. The quantitative estimate of drug-likeness (QED) is 0.293. The van der Waals surface area contributed by atoms with Gasteiger partial charge in [-0.3, -0.25) is 4.79 Å². The molecule has 150 valence electrons. The van der Waals surface area contributed by atoms with Crippen LogP contribution >= 0.6 is 35.3 Å². The molecule has 2 aromatic rings. The number of furan rings is 1. The summed E-state index contributed by atoms with van der Waals surface area (Å²) in [6, 6.07) is 7.98. The van der Waals surface area contributed by atoms with Crippen LogP contribution in [0.25, 0.3) is 0 Å². The van der Waals surface area contributed by atoms with Crippen LogP contribution in [0.4, 0.5) is 0 Å². The molecule has 0 radical (unpaired) electrons. The maximum absolute atomic E-state index is 12.0. The Morgan fingerprint density at radius 2 is 1.89 bits per heavy atom. The molecule has 0 atom stereocenters. The number of halogens is 1. The molecule has 0 aliphatic carbocycles. The number of thiophene rings is 1. The third-order valence-electron chi connectivity index (χ3n) is 3.38. The van der Waals surface area contributed by atoms with Crippen molar-refractivity contribution in [1.29, 1.82) is 0 Å². The van der Waals surface area contributed by atoms with Gasteiger partial charge >= 0.3 is 0 Å². The second-order valence-electron chi connectivity index (χ2n) is 6.98. The normalized spacial score (nSPS) is 11.6. The van der Waals surface area contributed by atoms with Crippen molar-refractivity contribution in [3.63, 3.8) is 0 Å². The van der Waals surface area contributed by atoms with Gasteiger partial charge in [0, 0.05) is 29.9 Å². The van der Waals surface area contributed by atoms with Crippen LogP contribution in [-0.4, -0.2) is 37.0 Å². The summed E-state index contributed by atoms with van der Waals surface area (Å²) in [5.74, 6) is 1.46. The number of guanidine groups is 1. The third-order valence-corrected chi connectivity index (χ3v) is 4.32. The topological polar surface area (TPSA) is 78.7 Å². The van der Waals surface area contributed by atoms with Crippen molar-refractivity contribution in [2.45, 2.75) is 39.2 Å². The lowest BCUT2D eigenvalue weighted by Crippen LogP contribution is -2.43. The summed E-state index contributed by atoms with van der Waals surface area (Å²) in [5, 5.41) is 11.5. The van der Waals surface area contributed by atoms with Gasteiger partial charge in [-0.1, -0.05) is 6.07 Å². The molecule has 6 nitrogen and oxygen atoms in total. The summed E-state index contributed by atoms with van der Waals surface area (Å²) < 4.78 is 5.34. The molecule has 1 amide bonds. The van der Waals surface area contributed by atoms with Crippen LogP contribution in [0.1, 0.15) is 31.4 Å². The number of hydrogen-bond donors (Lipinski definition) is 3. The zero-order chi connectivity index (χ0) is 18.8. The number of nitrogens with zero attached hydrogens (tertiary/aromatic N) is 1. The van der Waals surface area contributed by atoms with Crippen LogP contribution in [0.2, 0.25) is 0 Å². The van der Waals surface area contributed by atoms with Crippen molar-refractivity contribution < 1.29 is 9.21 Å². The monoisotopic (exact) mass is 504 g/mol. The van der Waals surface area contributed by atoms with Gasteiger partial charge in [0.1, 0.15) is 12.3 Å². The number of amides is 1. The number of nitrogens with one attached hydrogen (secondary N) is 3. The standard InChI is InChI=1S/C19H28N4O2S.HI/c1-19(2,3)23-17(24)14-22-18(20-10-8-15-6-4-12-25-15)21-11-9-16-7-5-13-26-16;/h4-7,12-13H,8-11,14H2,1-3H3,(H,23,24)(H2,20,21,22);1H. The summed E-state index contributed by atoms with van der Waals surface area (Å²) in [4.78, 5) is 17.7. The minimum atomic E-state index is -0.258. The molecule has 0 fully saturated rings. The molecule has 27 heavy (non-hydrogen) atoms. The second-order valence-corrected chi connectivity index (χ2v) is 8.01. The van der Waals surface area contributed by atoms with Crippen LogP contribution < -0.4 is 16.0 Å². The SMILES string of the molecule is CC(C)(C)NC(=O)CN=C(NCCc1ccco1)NCCc1cccs1.I. The van der Waals surface area contributed by atoms with Gasteiger partial charge < -0.3 is 20.4 Å². The largest absolute Gasteiger partial charge is 0.469 e. The number of rotatable bonds is 8. The first-order valence-corrected chi connectivity index (χ1v) is 9.68. The molecule has 3 N–H and O–H groups in total. The molecular formula is C19H29IN4O2S. The van der Waals surface area contributed by atoms with Crippen molar-refractivity contribution in [2.24, 2.45) is 4.99 Å². The number of carbonyl (C=O) groups excluding carboxylic acids is 1. The zero-order valence-corrected chi connectivity index (χ0v) is 19.2. The van der Waals surface area contributed by atoms with Gasteiger partial charge in [-0.2, -0.15) is 0 Å². The summed E-state index contributed by atoms with van der Waals surface area (Å²) in [5.41, 5.74) is -0.258. The molecule has 0 aliphatic heterocycles. The Morgan fingerprint density at radius 1 is 1.15 bits per heavy atom. The van der Waals surface area contributed by atoms with Crippen LogP contribution in [-0.2, 0) is 17.6 Å².